The van der Waals surface area contributed by atoms with Gasteiger partial charge in [-0.25, -0.2) is 0 Å². The molecule has 74 valence electrons. The van der Waals surface area contributed by atoms with Crippen molar-refractivity contribution in [1.82, 2.24) is 0 Å². The molecule has 0 amide bonds. The molecule has 0 saturated carbocycles. The van der Waals surface area contributed by atoms with Gasteiger partial charge in [0.25, 0.3) is 0 Å². The van der Waals surface area contributed by atoms with Crippen LogP contribution in [0.25, 0.3) is 0 Å². The summed E-state index contributed by atoms with van der Waals surface area (Å²) in [6, 6.07) is 6.05. The zero-order valence-corrected chi connectivity index (χ0v) is 9.00. The molecular formula is C13H16O. The van der Waals surface area contributed by atoms with Gasteiger partial charge in [0.1, 0.15) is 5.75 Å². The van der Waals surface area contributed by atoms with Gasteiger partial charge in [-0.05, 0) is 44.0 Å². The molecule has 0 saturated heterocycles. The number of aryl methyl sites for hydroxylation is 1. The summed E-state index contributed by atoms with van der Waals surface area (Å²) in [4.78, 5) is 0. The minimum Gasteiger partial charge on any atom is -0.494 e. The lowest BCUT2D eigenvalue weighted by Gasteiger charge is -2.10. The van der Waals surface area contributed by atoms with Crippen molar-refractivity contribution < 1.29 is 4.74 Å². The Morgan fingerprint density at radius 3 is 2.71 bits per heavy atom. The van der Waals surface area contributed by atoms with Gasteiger partial charge in [0.2, 0.25) is 0 Å². The summed E-state index contributed by atoms with van der Waals surface area (Å²) in [7, 11) is 0. The number of hydrogen-bond donors (Lipinski definition) is 0. The van der Waals surface area contributed by atoms with Crippen molar-refractivity contribution in [2.45, 2.75) is 26.7 Å². The van der Waals surface area contributed by atoms with E-state index in [1.807, 2.05) is 32.0 Å². The molecule has 0 aliphatic rings. The highest BCUT2D eigenvalue weighted by molar-refractivity contribution is 5.39. The van der Waals surface area contributed by atoms with Crippen LogP contribution in [0, 0.1) is 19.3 Å². The Hall–Kier alpha value is -1.42. The fraction of sp³-hybridized carbons (Fsp3) is 0.385. The molecular weight excluding hydrogens is 172 g/mol. The molecule has 1 nitrogen and oxygen atoms in total. The molecule has 1 rings (SSSR count). The van der Waals surface area contributed by atoms with E-state index < -0.39 is 0 Å². The van der Waals surface area contributed by atoms with Gasteiger partial charge in [-0.2, -0.15) is 0 Å². The molecule has 1 atom stereocenters. The van der Waals surface area contributed by atoms with E-state index in [0.29, 0.717) is 6.61 Å². The summed E-state index contributed by atoms with van der Waals surface area (Å²) in [5.41, 5.74) is 2.40. The standard InChI is InChI=1S/C13H16O/c1-5-10(3)13-8-7-12(14-6-2)9-11(13)4/h1,7-10H,6H2,2-4H3. The van der Waals surface area contributed by atoms with Crippen LogP contribution in [0.5, 0.6) is 5.75 Å². The van der Waals surface area contributed by atoms with Crippen LogP contribution in [0.1, 0.15) is 30.9 Å². The lowest BCUT2D eigenvalue weighted by atomic mass is 9.97. The Bertz CT molecular complexity index is 347. The van der Waals surface area contributed by atoms with Crippen molar-refractivity contribution in [3.05, 3.63) is 29.3 Å². The molecule has 0 fully saturated rings. The summed E-state index contributed by atoms with van der Waals surface area (Å²) in [5.74, 6) is 3.82. The Balaban J connectivity index is 2.96. The zero-order chi connectivity index (χ0) is 10.6. The predicted octanol–water partition coefficient (Wildman–Crippen LogP) is 3.13. The van der Waals surface area contributed by atoms with Crippen LogP contribution in [0.2, 0.25) is 0 Å². The highest BCUT2D eigenvalue weighted by Crippen LogP contribution is 2.23. The third kappa shape index (κ3) is 2.29. The maximum atomic E-state index is 5.40. The Morgan fingerprint density at radius 2 is 2.21 bits per heavy atom. The van der Waals surface area contributed by atoms with Crippen LogP contribution < -0.4 is 4.74 Å². The molecule has 0 radical (unpaired) electrons. The molecule has 0 aliphatic carbocycles. The van der Waals surface area contributed by atoms with Crippen LogP contribution >= 0.6 is 0 Å². The number of benzene rings is 1. The van der Waals surface area contributed by atoms with E-state index >= 15 is 0 Å². The molecule has 0 aromatic heterocycles. The van der Waals surface area contributed by atoms with E-state index in [4.69, 9.17) is 11.2 Å². The average Bonchev–Trinajstić information content (AvgIpc) is 2.17. The molecule has 0 N–H and O–H groups in total. The van der Waals surface area contributed by atoms with Gasteiger partial charge in [0, 0.05) is 5.92 Å². The lowest BCUT2D eigenvalue weighted by Crippen LogP contribution is -1.96. The fourth-order valence-corrected chi connectivity index (χ4v) is 1.48. The Morgan fingerprint density at radius 1 is 1.50 bits per heavy atom. The molecule has 0 spiro atoms. The van der Waals surface area contributed by atoms with Crippen LogP contribution in [-0.2, 0) is 0 Å². The molecule has 1 heteroatoms. The summed E-state index contributed by atoms with van der Waals surface area (Å²) in [6.45, 7) is 6.77. The van der Waals surface area contributed by atoms with Crippen LogP contribution in [0.3, 0.4) is 0 Å². The lowest BCUT2D eigenvalue weighted by molar-refractivity contribution is 0.340. The SMILES string of the molecule is C#CC(C)c1ccc(OCC)cc1C. The highest BCUT2D eigenvalue weighted by atomic mass is 16.5. The first-order valence-corrected chi connectivity index (χ1v) is 4.88. The van der Waals surface area contributed by atoms with Gasteiger partial charge < -0.3 is 4.74 Å². The van der Waals surface area contributed by atoms with E-state index in [9.17, 15) is 0 Å². The van der Waals surface area contributed by atoms with E-state index in [2.05, 4.69) is 12.8 Å². The summed E-state index contributed by atoms with van der Waals surface area (Å²) >= 11 is 0. The van der Waals surface area contributed by atoms with Crippen LogP contribution in [0.4, 0.5) is 0 Å². The van der Waals surface area contributed by atoms with Crippen molar-refractivity contribution in [3.63, 3.8) is 0 Å². The summed E-state index contributed by atoms with van der Waals surface area (Å²) in [5, 5.41) is 0. The maximum absolute atomic E-state index is 5.40. The quantitative estimate of drug-likeness (QED) is 0.662. The zero-order valence-electron chi connectivity index (χ0n) is 9.00. The second kappa shape index (κ2) is 4.72. The van der Waals surface area contributed by atoms with Gasteiger partial charge in [-0.15, -0.1) is 6.42 Å². The minimum absolute atomic E-state index is 0.172. The fourth-order valence-electron chi connectivity index (χ4n) is 1.48. The number of terminal acetylenes is 1. The molecule has 1 aromatic carbocycles. The van der Waals surface area contributed by atoms with Gasteiger partial charge in [-0.1, -0.05) is 12.0 Å². The number of hydrogen-bond acceptors (Lipinski definition) is 1. The first kappa shape index (κ1) is 10.7. The van der Waals surface area contributed by atoms with Crippen molar-refractivity contribution in [2.75, 3.05) is 6.61 Å². The Kier molecular flexibility index (Phi) is 3.59. The van der Waals surface area contributed by atoms with Crippen molar-refractivity contribution in [2.24, 2.45) is 0 Å². The van der Waals surface area contributed by atoms with Crippen molar-refractivity contribution >= 4 is 0 Å². The van der Waals surface area contributed by atoms with Crippen LogP contribution in [-0.4, -0.2) is 6.61 Å². The minimum atomic E-state index is 0.172. The van der Waals surface area contributed by atoms with Gasteiger partial charge >= 0.3 is 0 Å². The predicted molar refractivity (Wildman–Crippen MR) is 59.6 cm³/mol. The third-order valence-corrected chi connectivity index (χ3v) is 2.27. The second-order valence-electron chi connectivity index (χ2n) is 3.34. The molecule has 1 aromatic rings. The molecule has 0 heterocycles. The first-order valence-electron chi connectivity index (χ1n) is 4.88. The van der Waals surface area contributed by atoms with E-state index in [1.54, 1.807) is 0 Å². The normalized spacial score (nSPS) is 11.9. The third-order valence-electron chi connectivity index (χ3n) is 2.27. The molecule has 0 aliphatic heterocycles. The molecule has 14 heavy (non-hydrogen) atoms. The largest absolute Gasteiger partial charge is 0.494 e. The molecule has 0 bridgehead atoms. The monoisotopic (exact) mass is 188 g/mol. The van der Waals surface area contributed by atoms with Crippen molar-refractivity contribution in [3.8, 4) is 18.1 Å². The number of rotatable bonds is 3. The number of ether oxygens (including phenoxy) is 1. The topological polar surface area (TPSA) is 9.23 Å². The van der Waals surface area contributed by atoms with Gasteiger partial charge in [-0.3, -0.25) is 0 Å². The van der Waals surface area contributed by atoms with Crippen LogP contribution in [0.15, 0.2) is 18.2 Å². The van der Waals surface area contributed by atoms with E-state index in [1.165, 1.54) is 11.1 Å². The first-order chi connectivity index (χ1) is 6.69. The summed E-state index contributed by atoms with van der Waals surface area (Å²) < 4.78 is 5.40. The average molecular weight is 188 g/mol. The van der Waals surface area contributed by atoms with E-state index in [-0.39, 0.29) is 5.92 Å². The second-order valence-corrected chi connectivity index (χ2v) is 3.34. The maximum Gasteiger partial charge on any atom is 0.119 e. The van der Waals surface area contributed by atoms with E-state index in [0.717, 1.165) is 5.75 Å². The Labute approximate surface area is 86.1 Å². The van der Waals surface area contributed by atoms with Gasteiger partial charge in [0.15, 0.2) is 0 Å². The smallest absolute Gasteiger partial charge is 0.119 e. The van der Waals surface area contributed by atoms with Crippen molar-refractivity contribution in [1.29, 1.82) is 0 Å². The van der Waals surface area contributed by atoms with Gasteiger partial charge in [0.05, 0.1) is 6.61 Å². The summed E-state index contributed by atoms with van der Waals surface area (Å²) in [6.07, 6.45) is 5.39. The highest BCUT2D eigenvalue weighted by Gasteiger charge is 2.05. The molecule has 1 unspecified atom stereocenters.